The summed E-state index contributed by atoms with van der Waals surface area (Å²) in [5.74, 6) is 0. The lowest BCUT2D eigenvalue weighted by atomic mass is 9.81. The molecule has 70 valence electrons. The average molecular weight is 169 g/mol. The molecule has 0 aliphatic rings. The van der Waals surface area contributed by atoms with Crippen LogP contribution in [0.4, 0.5) is 0 Å². The van der Waals surface area contributed by atoms with Crippen LogP contribution in [-0.4, -0.2) is 18.9 Å². The summed E-state index contributed by atoms with van der Waals surface area (Å²) < 4.78 is 5.17. The van der Waals surface area contributed by atoms with E-state index >= 15 is 0 Å². The molecule has 0 aromatic heterocycles. The van der Waals surface area contributed by atoms with Gasteiger partial charge in [-0.05, 0) is 13.8 Å². The van der Waals surface area contributed by atoms with Crippen molar-refractivity contribution in [1.82, 2.24) is 0 Å². The SMILES string of the molecule is C=C(C)C(C)(C)C(=N)COCC. The van der Waals surface area contributed by atoms with E-state index in [1.54, 1.807) is 0 Å². The first-order chi connectivity index (χ1) is 5.42. The van der Waals surface area contributed by atoms with Gasteiger partial charge in [-0.25, -0.2) is 0 Å². The standard InChI is InChI=1S/C10H19NO/c1-6-12-7-9(11)10(4,5)8(2)3/h11H,2,6-7H2,1,3-5H3. The molecule has 0 unspecified atom stereocenters. The molecule has 0 aromatic rings. The molecule has 12 heavy (non-hydrogen) atoms. The maximum absolute atomic E-state index is 7.74. The van der Waals surface area contributed by atoms with E-state index in [2.05, 4.69) is 6.58 Å². The third-order valence-corrected chi connectivity index (χ3v) is 2.27. The predicted octanol–water partition coefficient (Wildman–Crippen LogP) is 2.64. The van der Waals surface area contributed by atoms with E-state index in [9.17, 15) is 0 Å². The third-order valence-electron chi connectivity index (χ3n) is 2.27. The second kappa shape index (κ2) is 4.41. The first kappa shape index (κ1) is 11.4. The number of ether oxygens (including phenoxy) is 1. The molecule has 0 rings (SSSR count). The quantitative estimate of drug-likeness (QED) is 0.498. The Morgan fingerprint density at radius 2 is 2.00 bits per heavy atom. The van der Waals surface area contributed by atoms with E-state index < -0.39 is 0 Å². The molecule has 0 aliphatic heterocycles. The van der Waals surface area contributed by atoms with Crippen molar-refractivity contribution in [2.45, 2.75) is 27.7 Å². The van der Waals surface area contributed by atoms with Crippen LogP contribution in [0.2, 0.25) is 0 Å². The van der Waals surface area contributed by atoms with Crippen molar-refractivity contribution in [2.75, 3.05) is 13.2 Å². The molecule has 0 fully saturated rings. The minimum absolute atomic E-state index is 0.227. The molecule has 0 bridgehead atoms. The van der Waals surface area contributed by atoms with Crippen molar-refractivity contribution in [2.24, 2.45) is 5.41 Å². The molecule has 1 N–H and O–H groups in total. The molecule has 0 aromatic carbocycles. The van der Waals surface area contributed by atoms with E-state index in [4.69, 9.17) is 10.1 Å². The second-order valence-electron chi connectivity index (χ2n) is 3.52. The summed E-state index contributed by atoms with van der Waals surface area (Å²) in [6.07, 6.45) is 0. The number of hydrogen-bond acceptors (Lipinski definition) is 2. The molecule has 0 radical (unpaired) electrons. The van der Waals surface area contributed by atoms with Gasteiger partial charge >= 0.3 is 0 Å². The van der Waals surface area contributed by atoms with Crippen LogP contribution < -0.4 is 0 Å². The van der Waals surface area contributed by atoms with Crippen LogP contribution in [-0.2, 0) is 4.74 Å². The topological polar surface area (TPSA) is 33.1 Å². The van der Waals surface area contributed by atoms with Crippen LogP contribution in [0, 0.1) is 10.8 Å². The number of nitrogens with one attached hydrogen (secondary N) is 1. The van der Waals surface area contributed by atoms with Crippen molar-refractivity contribution in [3.8, 4) is 0 Å². The van der Waals surface area contributed by atoms with Gasteiger partial charge in [-0.3, -0.25) is 0 Å². The van der Waals surface area contributed by atoms with E-state index in [1.807, 2.05) is 27.7 Å². The van der Waals surface area contributed by atoms with Crippen LogP contribution in [0.25, 0.3) is 0 Å². The van der Waals surface area contributed by atoms with Crippen molar-refractivity contribution >= 4 is 5.71 Å². The van der Waals surface area contributed by atoms with Gasteiger partial charge in [0.05, 0.1) is 6.61 Å². The monoisotopic (exact) mass is 169 g/mol. The van der Waals surface area contributed by atoms with Crippen molar-refractivity contribution in [1.29, 1.82) is 5.41 Å². The van der Waals surface area contributed by atoms with Crippen molar-refractivity contribution in [3.05, 3.63) is 12.2 Å². The Morgan fingerprint density at radius 1 is 1.50 bits per heavy atom. The van der Waals surface area contributed by atoms with Crippen molar-refractivity contribution < 1.29 is 4.74 Å². The van der Waals surface area contributed by atoms with Gasteiger partial charge in [-0.15, -0.1) is 0 Å². The molecule has 0 saturated heterocycles. The maximum atomic E-state index is 7.74. The summed E-state index contributed by atoms with van der Waals surface area (Å²) in [6, 6.07) is 0. The summed E-state index contributed by atoms with van der Waals surface area (Å²) >= 11 is 0. The van der Waals surface area contributed by atoms with E-state index in [1.165, 1.54) is 0 Å². The average Bonchev–Trinajstić information content (AvgIpc) is 1.99. The highest BCUT2D eigenvalue weighted by Crippen LogP contribution is 2.25. The summed E-state index contributed by atoms with van der Waals surface area (Å²) in [5.41, 5.74) is 1.37. The largest absolute Gasteiger partial charge is 0.376 e. The molecule has 2 nitrogen and oxygen atoms in total. The minimum atomic E-state index is -0.227. The summed E-state index contributed by atoms with van der Waals surface area (Å²) in [7, 11) is 0. The smallest absolute Gasteiger partial charge is 0.0850 e. The van der Waals surface area contributed by atoms with Gasteiger partial charge in [-0.1, -0.05) is 26.0 Å². The molecule has 0 spiro atoms. The van der Waals surface area contributed by atoms with Crippen LogP contribution in [0.1, 0.15) is 27.7 Å². The Kier molecular flexibility index (Phi) is 4.18. The van der Waals surface area contributed by atoms with Gasteiger partial charge in [0.15, 0.2) is 0 Å². The number of rotatable bonds is 5. The molecular weight excluding hydrogens is 150 g/mol. The van der Waals surface area contributed by atoms with Crippen LogP contribution in [0.15, 0.2) is 12.2 Å². The zero-order chi connectivity index (χ0) is 9.78. The fourth-order valence-electron chi connectivity index (χ4n) is 0.642. The zero-order valence-corrected chi connectivity index (χ0v) is 8.53. The normalized spacial score (nSPS) is 11.3. The van der Waals surface area contributed by atoms with E-state index in [0.717, 1.165) is 5.57 Å². The zero-order valence-electron chi connectivity index (χ0n) is 8.53. The van der Waals surface area contributed by atoms with Gasteiger partial charge in [0.1, 0.15) is 0 Å². The summed E-state index contributed by atoms with van der Waals surface area (Å²) in [5, 5.41) is 7.74. The highest BCUT2D eigenvalue weighted by molar-refractivity contribution is 5.90. The van der Waals surface area contributed by atoms with Crippen molar-refractivity contribution in [3.63, 3.8) is 0 Å². The molecule has 2 heteroatoms. The van der Waals surface area contributed by atoms with Gasteiger partial charge in [-0.2, -0.15) is 0 Å². The molecule has 0 heterocycles. The molecule has 0 atom stereocenters. The lowest BCUT2D eigenvalue weighted by Crippen LogP contribution is -2.28. The van der Waals surface area contributed by atoms with Gasteiger partial charge in [0.25, 0.3) is 0 Å². The Bertz CT molecular complexity index is 182. The van der Waals surface area contributed by atoms with Crippen LogP contribution >= 0.6 is 0 Å². The first-order valence-electron chi connectivity index (χ1n) is 4.24. The lowest BCUT2D eigenvalue weighted by molar-refractivity contribution is 0.182. The fraction of sp³-hybridized carbons (Fsp3) is 0.700. The fourth-order valence-corrected chi connectivity index (χ4v) is 0.642. The van der Waals surface area contributed by atoms with Gasteiger partial charge < -0.3 is 10.1 Å². The minimum Gasteiger partial charge on any atom is -0.376 e. The van der Waals surface area contributed by atoms with Gasteiger partial charge in [0, 0.05) is 17.7 Å². The molecule has 0 aliphatic carbocycles. The summed E-state index contributed by atoms with van der Waals surface area (Å²) in [6.45, 7) is 12.8. The Morgan fingerprint density at radius 3 is 2.33 bits per heavy atom. The third kappa shape index (κ3) is 2.78. The molecule has 0 amide bonds. The van der Waals surface area contributed by atoms with E-state index in [-0.39, 0.29) is 5.41 Å². The lowest BCUT2D eigenvalue weighted by Gasteiger charge is -2.25. The second-order valence-corrected chi connectivity index (χ2v) is 3.52. The molecule has 0 saturated carbocycles. The maximum Gasteiger partial charge on any atom is 0.0850 e. The Hall–Kier alpha value is -0.630. The van der Waals surface area contributed by atoms with Crippen LogP contribution in [0.5, 0.6) is 0 Å². The summed E-state index contributed by atoms with van der Waals surface area (Å²) in [4.78, 5) is 0. The number of allylic oxidation sites excluding steroid dienone is 1. The Balaban J connectivity index is 4.16. The predicted molar refractivity (Wildman–Crippen MR) is 52.8 cm³/mol. The highest BCUT2D eigenvalue weighted by Gasteiger charge is 2.24. The molecular formula is C10H19NO. The number of hydrogen-bond donors (Lipinski definition) is 1. The van der Waals surface area contributed by atoms with Crippen LogP contribution in [0.3, 0.4) is 0 Å². The highest BCUT2D eigenvalue weighted by atomic mass is 16.5. The first-order valence-corrected chi connectivity index (χ1v) is 4.24. The van der Waals surface area contributed by atoms with Gasteiger partial charge in [0.2, 0.25) is 0 Å². The Labute approximate surface area is 75.1 Å². The van der Waals surface area contributed by atoms with E-state index in [0.29, 0.717) is 18.9 Å².